The Morgan fingerprint density at radius 2 is 1.62 bits per heavy atom. The largest absolute Gasteiger partial charge is 0.323 e. The van der Waals surface area contributed by atoms with E-state index < -0.39 is 10.0 Å². The number of rotatable bonds is 5. The number of anilines is 1. The molecule has 3 rings (SSSR count). The molecule has 0 aromatic heterocycles. The average molecular weight is 478 g/mol. The molecule has 0 aliphatic carbocycles. The number of amides is 1. The molecule has 1 atom stereocenters. The highest BCUT2D eigenvalue weighted by molar-refractivity contribution is 7.89. The van der Waals surface area contributed by atoms with Crippen LogP contribution in [0, 0.1) is 0 Å². The molecule has 2 aromatic rings. The standard InChI is InChI=1S/C19H20Cl3N3O3S/c1-13(19(26)23-18-12-15(21)4-7-17(18)22)24-8-10-25(11-9-24)29(27,28)16-5-2-14(20)3-6-16/h2-7,12-13H,8-11H2,1H3,(H,23,26)/p+1/t13-/m1/s1. The molecular weight excluding hydrogens is 457 g/mol. The van der Waals surface area contributed by atoms with Crippen LogP contribution in [0.2, 0.25) is 15.1 Å². The fourth-order valence-corrected chi connectivity index (χ4v) is 5.13. The van der Waals surface area contributed by atoms with Crippen LogP contribution >= 0.6 is 34.8 Å². The predicted octanol–water partition coefficient (Wildman–Crippen LogP) is 2.56. The fraction of sp³-hybridized carbons (Fsp3) is 0.316. The van der Waals surface area contributed by atoms with Gasteiger partial charge in [-0.15, -0.1) is 0 Å². The molecule has 10 heteroatoms. The van der Waals surface area contributed by atoms with Gasteiger partial charge >= 0.3 is 0 Å². The molecule has 2 N–H and O–H groups in total. The van der Waals surface area contributed by atoms with E-state index in [1.807, 2.05) is 6.92 Å². The molecule has 0 bridgehead atoms. The predicted molar refractivity (Wildman–Crippen MR) is 115 cm³/mol. The number of benzene rings is 2. The lowest BCUT2D eigenvalue weighted by Gasteiger charge is -2.34. The lowest BCUT2D eigenvalue weighted by Crippen LogP contribution is -3.19. The zero-order valence-corrected chi connectivity index (χ0v) is 18.7. The quantitative estimate of drug-likeness (QED) is 0.695. The van der Waals surface area contributed by atoms with Gasteiger partial charge in [0, 0.05) is 10.0 Å². The summed E-state index contributed by atoms with van der Waals surface area (Å²) in [4.78, 5) is 13.8. The van der Waals surface area contributed by atoms with Crippen LogP contribution in [-0.2, 0) is 14.8 Å². The Morgan fingerprint density at radius 1 is 1.03 bits per heavy atom. The molecule has 0 radical (unpaired) electrons. The maximum Gasteiger partial charge on any atom is 0.282 e. The molecule has 1 fully saturated rings. The SMILES string of the molecule is C[C@H](C(=O)Nc1cc(Cl)ccc1Cl)[NH+]1CCN(S(=O)(=O)c2ccc(Cl)cc2)CC1. The van der Waals surface area contributed by atoms with Gasteiger partial charge in [-0.3, -0.25) is 4.79 Å². The molecule has 1 aliphatic rings. The van der Waals surface area contributed by atoms with Crippen molar-refractivity contribution in [3.63, 3.8) is 0 Å². The molecular formula is C19H21Cl3N3O3S+. The number of hydrogen-bond donors (Lipinski definition) is 2. The number of halogens is 3. The van der Waals surface area contributed by atoms with Crippen molar-refractivity contribution in [3.05, 3.63) is 57.5 Å². The van der Waals surface area contributed by atoms with E-state index >= 15 is 0 Å². The van der Waals surface area contributed by atoms with Crippen molar-refractivity contribution in [1.29, 1.82) is 0 Å². The van der Waals surface area contributed by atoms with E-state index in [9.17, 15) is 13.2 Å². The molecule has 1 amide bonds. The summed E-state index contributed by atoms with van der Waals surface area (Å²) in [5.74, 6) is -0.196. The van der Waals surface area contributed by atoms with Crippen LogP contribution in [0.4, 0.5) is 5.69 Å². The first-order valence-electron chi connectivity index (χ1n) is 9.04. The minimum absolute atomic E-state index is 0.196. The van der Waals surface area contributed by atoms with Gasteiger partial charge in [0.15, 0.2) is 6.04 Å². The Bertz CT molecular complexity index is 992. The number of nitrogens with zero attached hydrogens (tertiary/aromatic N) is 1. The Balaban J connectivity index is 1.61. The van der Waals surface area contributed by atoms with Crippen LogP contribution in [0.3, 0.4) is 0 Å². The summed E-state index contributed by atoms with van der Waals surface area (Å²) in [7, 11) is -3.58. The molecule has 0 spiro atoms. The third-order valence-electron chi connectivity index (χ3n) is 5.01. The van der Waals surface area contributed by atoms with Gasteiger partial charge in [-0.05, 0) is 49.4 Å². The van der Waals surface area contributed by atoms with Gasteiger partial charge in [0.25, 0.3) is 5.91 Å². The van der Waals surface area contributed by atoms with Crippen molar-refractivity contribution in [1.82, 2.24) is 4.31 Å². The van der Waals surface area contributed by atoms with Crippen molar-refractivity contribution < 1.29 is 18.1 Å². The van der Waals surface area contributed by atoms with Crippen molar-refractivity contribution in [2.24, 2.45) is 0 Å². The lowest BCUT2D eigenvalue weighted by molar-refractivity contribution is -0.917. The van der Waals surface area contributed by atoms with E-state index in [1.54, 1.807) is 30.3 Å². The van der Waals surface area contributed by atoms with E-state index in [0.29, 0.717) is 46.9 Å². The summed E-state index contributed by atoms with van der Waals surface area (Å²) >= 11 is 17.9. The second kappa shape index (κ2) is 9.20. The summed E-state index contributed by atoms with van der Waals surface area (Å²) < 4.78 is 27.0. The first-order valence-corrected chi connectivity index (χ1v) is 11.6. The summed E-state index contributed by atoms with van der Waals surface area (Å²) in [6.07, 6.45) is 0. The smallest absolute Gasteiger partial charge is 0.282 e. The Labute approximate surface area is 185 Å². The van der Waals surface area contributed by atoms with Gasteiger partial charge in [-0.2, -0.15) is 4.31 Å². The van der Waals surface area contributed by atoms with Crippen molar-refractivity contribution >= 4 is 56.4 Å². The van der Waals surface area contributed by atoms with E-state index in [0.717, 1.165) is 4.90 Å². The Kier molecular flexibility index (Phi) is 7.09. The second-order valence-electron chi connectivity index (χ2n) is 6.85. The maximum atomic E-state index is 12.8. The number of quaternary nitrogens is 1. The number of hydrogen-bond acceptors (Lipinski definition) is 3. The van der Waals surface area contributed by atoms with Crippen LogP contribution in [0.15, 0.2) is 47.4 Å². The number of sulfonamides is 1. The van der Waals surface area contributed by atoms with Gasteiger partial charge in [-0.1, -0.05) is 34.8 Å². The third kappa shape index (κ3) is 5.23. The Hall–Kier alpha value is -1.35. The van der Waals surface area contributed by atoms with Crippen LogP contribution in [0.25, 0.3) is 0 Å². The normalized spacial score (nSPS) is 17.1. The third-order valence-corrected chi connectivity index (χ3v) is 7.74. The summed E-state index contributed by atoms with van der Waals surface area (Å²) in [6.45, 7) is 3.51. The first kappa shape index (κ1) is 22.3. The van der Waals surface area contributed by atoms with E-state index in [1.165, 1.54) is 16.4 Å². The van der Waals surface area contributed by atoms with Crippen LogP contribution in [-0.4, -0.2) is 50.9 Å². The average Bonchev–Trinajstić information content (AvgIpc) is 2.70. The summed E-state index contributed by atoms with van der Waals surface area (Å²) in [6, 6.07) is 10.6. The molecule has 1 aliphatic heterocycles. The fourth-order valence-electron chi connectivity index (χ4n) is 3.22. The van der Waals surface area contributed by atoms with E-state index in [-0.39, 0.29) is 16.8 Å². The topological polar surface area (TPSA) is 70.9 Å². The molecule has 29 heavy (non-hydrogen) atoms. The zero-order chi connectivity index (χ0) is 21.2. The number of piperazine rings is 1. The monoisotopic (exact) mass is 476 g/mol. The van der Waals surface area contributed by atoms with Crippen LogP contribution in [0.1, 0.15) is 6.92 Å². The van der Waals surface area contributed by atoms with Crippen molar-refractivity contribution in [2.45, 2.75) is 17.9 Å². The first-order chi connectivity index (χ1) is 13.7. The highest BCUT2D eigenvalue weighted by Crippen LogP contribution is 2.25. The minimum atomic E-state index is -3.58. The van der Waals surface area contributed by atoms with Gasteiger partial charge in [0.05, 0.1) is 41.8 Å². The molecule has 1 saturated heterocycles. The Morgan fingerprint density at radius 3 is 2.24 bits per heavy atom. The molecule has 1 heterocycles. The highest BCUT2D eigenvalue weighted by Gasteiger charge is 2.34. The number of nitrogens with one attached hydrogen (secondary N) is 2. The lowest BCUT2D eigenvalue weighted by atomic mass is 10.2. The summed E-state index contributed by atoms with van der Waals surface area (Å²) in [5, 5.41) is 4.17. The molecule has 6 nitrogen and oxygen atoms in total. The molecule has 0 unspecified atom stereocenters. The van der Waals surface area contributed by atoms with E-state index in [4.69, 9.17) is 34.8 Å². The van der Waals surface area contributed by atoms with Crippen LogP contribution < -0.4 is 10.2 Å². The maximum absolute atomic E-state index is 12.8. The minimum Gasteiger partial charge on any atom is -0.323 e. The van der Waals surface area contributed by atoms with Crippen molar-refractivity contribution in [2.75, 3.05) is 31.5 Å². The van der Waals surface area contributed by atoms with Gasteiger partial charge in [-0.25, -0.2) is 8.42 Å². The number of carbonyl (C=O) groups excluding carboxylic acids is 1. The van der Waals surface area contributed by atoms with Crippen molar-refractivity contribution in [3.8, 4) is 0 Å². The molecule has 2 aromatic carbocycles. The second-order valence-corrected chi connectivity index (χ2v) is 10.1. The van der Waals surface area contributed by atoms with Gasteiger partial charge < -0.3 is 10.2 Å². The highest BCUT2D eigenvalue weighted by atomic mass is 35.5. The van der Waals surface area contributed by atoms with E-state index in [2.05, 4.69) is 5.32 Å². The molecule has 156 valence electrons. The zero-order valence-electron chi connectivity index (χ0n) is 15.7. The molecule has 0 saturated carbocycles. The van der Waals surface area contributed by atoms with Crippen LogP contribution in [0.5, 0.6) is 0 Å². The summed E-state index contributed by atoms with van der Waals surface area (Å²) in [5.41, 5.74) is 0.458. The number of carbonyl (C=O) groups is 1. The van der Waals surface area contributed by atoms with Gasteiger partial charge in [0.1, 0.15) is 0 Å². The van der Waals surface area contributed by atoms with Gasteiger partial charge in [0.2, 0.25) is 10.0 Å².